The first kappa shape index (κ1) is 18.2. The largest absolute Gasteiger partial charge is 0.353 e. The summed E-state index contributed by atoms with van der Waals surface area (Å²) in [7, 11) is 0. The predicted octanol–water partition coefficient (Wildman–Crippen LogP) is 3.77. The lowest BCUT2D eigenvalue weighted by atomic mass is 9.78. The number of nitrogens with one attached hydrogen (secondary N) is 1. The van der Waals surface area contributed by atoms with Crippen molar-refractivity contribution in [1.82, 2.24) is 5.32 Å². The Balaban J connectivity index is 1.65. The zero-order valence-electron chi connectivity index (χ0n) is 14.6. The van der Waals surface area contributed by atoms with Crippen LogP contribution in [0.1, 0.15) is 39.5 Å². The molecular weight excluding hydrogens is 343 g/mol. The van der Waals surface area contributed by atoms with Gasteiger partial charge in [-0.1, -0.05) is 38.3 Å². The Morgan fingerprint density at radius 2 is 2.08 bits per heavy atom. The highest BCUT2D eigenvalue weighted by Gasteiger charge is 2.37. The maximum Gasteiger partial charge on any atom is 0.227 e. The van der Waals surface area contributed by atoms with Gasteiger partial charge in [0.15, 0.2) is 0 Å². The monoisotopic (exact) mass is 366 g/mol. The van der Waals surface area contributed by atoms with Crippen molar-refractivity contribution >= 4 is 29.1 Å². The van der Waals surface area contributed by atoms with Crippen LogP contribution in [0.25, 0.3) is 0 Å². The molecule has 0 spiro atoms. The van der Waals surface area contributed by atoms with Gasteiger partial charge in [-0.2, -0.15) is 0 Å². The van der Waals surface area contributed by atoms with Gasteiger partial charge in [-0.3, -0.25) is 9.59 Å². The predicted molar refractivity (Wildman–Crippen MR) is 96.0 cm³/mol. The fourth-order valence-electron chi connectivity index (χ4n) is 3.87. The van der Waals surface area contributed by atoms with E-state index in [9.17, 15) is 14.0 Å². The van der Waals surface area contributed by atoms with E-state index < -0.39 is 5.82 Å². The van der Waals surface area contributed by atoms with Crippen molar-refractivity contribution in [2.45, 2.75) is 45.6 Å². The van der Waals surface area contributed by atoms with E-state index in [0.29, 0.717) is 24.1 Å². The second-order valence-corrected chi connectivity index (χ2v) is 7.79. The number of carbonyl (C=O) groups excluding carboxylic acids is 2. The Labute approximate surface area is 152 Å². The molecule has 0 radical (unpaired) electrons. The van der Waals surface area contributed by atoms with Gasteiger partial charge in [0.2, 0.25) is 11.8 Å². The van der Waals surface area contributed by atoms with E-state index in [2.05, 4.69) is 19.2 Å². The lowest BCUT2D eigenvalue weighted by molar-refractivity contribution is -0.127. The summed E-state index contributed by atoms with van der Waals surface area (Å²) in [5.41, 5.74) is 0.534. The summed E-state index contributed by atoms with van der Waals surface area (Å²) in [4.78, 5) is 26.5. The lowest BCUT2D eigenvalue weighted by Gasteiger charge is -2.35. The first-order valence-electron chi connectivity index (χ1n) is 8.92. The molecule has 2 aliphatic rings. The molecule has 3 rings (SSSR count). The number of hydrogen-bond acceptors (Lipinski definition) is 2. The van der Waals surface area contributed by atoms with Gasteiger partial charge in [0.1, 0.15) is 5.82 Å². The van der Waals surface area contributed by atoms with Crippen LogP contribution in [0, 0.1) is 23.6 Å². The fraction of sp³-hybridized carbons (Fsp3) is 0.579. The van der Waals surface area contributed by atoms with E-state index >= 15 is 0 Å². The molecule has 1 heterocycles. The van der Waals surface area contributed by atoms with E-state index in [4.69, 9.17) is 11.6 Å². The maximum absolute atomic E-state index is 13.3. The molecule has 25 heavy (non-hydrogen) atoms. The zero-order chi connectivity index (χ0) is 18.1. The van der Waals surface area contributed by atoms with E-state index in [0.717, 1.165) is 12.8 Å². The highest BCUT2D eigenvalue weighted by molar-refractivity contribution is 6.31. The number of amides is 2. The molecule has 1 N–H and O–H groups in total. The van der Waals surface area contributed by atoms with Gasteiger partial charge >= 0.3 is 0 Å². The Hall–Kier alpha value is -1.62. The molecule has 1 aromatic rings. The molecule has 4 atom stereocenters. The van der Waals surface area contributed by atoms with Crippen molar-refractivity contribution in [2.75, 3.05) is 11.4 Å². The van der Waals surface area contributed by atoms with Crippen LogP contribution in [0.15, 0.2) is 18.2 Å². The summed E-state index contributed by atoms with van der Waals surface area (Å²) in [6.45, 7) is 4.72. The summed E-state index contributed by atoms with van der Waals surface area (Å²) in [6.07, 6.45) is 3.50. The van der Waals surface area contributed by atoms with Gasteiger partial charge < -0.3 is 10.2 Å². The van der Waals surface area contributed by atoms with E-state index in [-0.39, 0.29) is 35.2 Å². The van der Waals surface area contributed by atoms with Crippen LogP contribution >= 0.6 is 11.6 Å². The molecule has 136 valence electrons. The van der Waals surface area contributed by atoms with Crippen molar-refractivity contribution in [1.29, 1.82) is 0 Å². The van der Waals surface area contributed by atoms with E-state index in [1.165, 1.54) is 29.5 Å². The van der Waals surface area contributed by atoms with Crippen LogP contribution < -0.4 is 10.2 Å². The average molecular weight is 367 g/mol. The number of anilines is 1. The minimum atomic E-state index is -0.522. The van der Waals surface area contributed by atoms with E-state index in [1.807, 2.05) is 0 Å². The first-order chi connectivity index (χ1) is 11.9. The molecule has 0 unspecified atom stereocenters. The molecule has 1 saturated heterocycles. The van der Waals surface area contributed by atoms with Gasteiger partial charge in [-0.15, -0.1) is 0 Å². The lowest BCUT2D eigenvalue weighted by Crippen LogP contribution is -2.46. The summed E-state index contributed by atoms with van der Waals surface area (Å²) in [5.74, 6) is -0.0423. The fourth-order valence-corrected chi connectivity index (χ4v) is 4.05. The number of carbonyl (C=O) groups is 2. The van der Waals surface area contributed by atoms with Crippen molar-refractivity contribution in [3.8, 4) is 0 Å². The molecule has 6 heteroatoms. The Morgan fingerprint density at radius 1 is 1.32 bits per heavy atom. The summed E-state index contributed by atoms with van der Waals surface area (Å²) in [6, 6.07) is 4.37. The maximum atomic E-state index is 13.3. The molecule has 4 nitrogen and oxygen atoms in total. The smallest absolute Gasteiger partial charge is 0.227 e. The molecule has 0 bridgehead atoms. The molecule has 1 aliphatic carbocycles. The molecule has 2 fully saturated rings. The van der Waals surface area contributed by atoms with Crippen LogP contribution in [-0.2, 0) is 9.59 Å². The SMILES string of the molecule is C[C@H]1[C@H](C)CCC[C@@H]1NC(=O)[C@H]1CC(=O)N(c2ccc(F)c(Cl)c2)C1. The van der Waals surface area contributed by atoms with Crippen molar-refractivity contribution < 1.29 is 14.0 Å². The van der Waals surface area contributed by atoms with Crippen LogP contribution in [0.3, 0.4) is 0 Å². The zero-order valence-corrected chi connectivity index (χ0v) is 15.4. The second kappa shape index (κ2) is 7.32. The van der Waals surface area contributed by atoms with Crippen LogP contribution in [0.2, 0.25) is 5.02 Å². The molecule has 0 aromatic heterocycles. The Bertz CT molecular complexity index is 681. The van der Waals surface area contributed by atoms with Crippen molar-refractivity contribution in [2.24, 2.45) is 17.8 Å². The Morgan fingerprint density at radius 3 is 2.80 bits per heavy atom. The van der Waals surface area contributed by atoms with Crippen molar-refractivity contribution in [3.63, 3.8) is 0 Å². The van der Waals surface area contributed by atoms with Gasteiger partial charge in [0.25, 0.3) is 0 Å². The number of benzene rings is 1. The number of hydrogen-bond donors (Lipinski definition) is 1. The van der Waals surface area contributed by atoms with E-state index in [1.54, 1.807) is 0 Å². The number of nitrogens with zero attached hydrogens (tertiary/aromatic N) is 1. The van der Waals surface area contributed by atoms with Crippen LogP contribution in [0.5, 0.6) is 0 Å². The van der Waals surface area contributed by atoms with Crippen molar-refractivity contribution in [3.05, 3.63) is 29.0 Å². The summed E-state index contributed by atoms with van der Waals surface area (Å²) in [5, 5.41) is 3.13. The summed E-state index contributed by atoms with van der Waals surface area (Å²) < 4.78 is 13.3. The first-order valence-corrected chi connectivity index (χ1v) is 9.30. The molecule has 2 amide bonds. The van der Waals surface area contributed by atoms with Crippen LogP contribution in [0.4, 0.5) is 10.1 Å². The van der Waals surface area contributed by atoms with Gasteiger partial charge in [0.05, 0.1) is 10.9 Å². The van der Waals surface area contributed by atoms with Gasteiger partial charge in [-0.05, 0) is 36.5 Å². The molecule has 1 saturated carbocycles. The molecule has 1 aromatic carbocycles. The minimum absolute atomic E-state index is 0.0248. The number of rotatable bonds is 3. The molecule has 1 aliphatic heterocycles. The van der Waals surface area contributed by atoms with Gasteiger partial charge in [0, 0.05) is 24.7 Å². The third kappa shape index (κ3) is 3.81. The topological polar surface area (TPSA) is 49.4 Å². The Kier molecular flexibility index (Phi) is 5.32. The number of halogens is 2. The molecular formula is C19H24ClFN2O2. The quantitative estimate of drug-likeness (QED) is 0.885. The second-order valence-electron chi connectivity index (χ2n) is 7.39. The third-order valence-corrected chi connectivity index (χ3v) is 6.03. The average Bonchev–Trinajstić information content (AvgIpc) is 2.96. The van der Waals surface area contributed by atoms with Crippen LogP contribution in [-0.4, -0.2) is 24.4 Å². The third-order valence-electron chi connectivity index (χ3n) is 5.75. The normalized spacial score (nSPS) is 29.8. The summed E-state index contributed by atoms with van der Waals surface area (Å²) >= 11 is 5.81. The van der Waals surface area contributed by atoms with Gasteiger partial charge in [-0.25, -0.2) is 4.39 Å². The highest BCUT2D eigenvalue weighted by atomic mass is 35.5. The highest BCUT2D eigenvalue weighted by Crippen LogP contribution is 2.31. The minimum Gasteiger partial charge on any atom is -0.353 e. The standard InChI is InChI=1S/C19H24ClFN2O2/c1-11-4-3-5-17(12(11)2)22-19(25)13-8-18(24)23(10-13)14-6-7-16(21)15(20)9-14/h6-7,9,11-13,17H,3-5,8,10H2,1-2H3,(H,22,25)/t11-,12+,13+,17+/m1/s1.